The highest BCUT2D eigenvalue weighted by molar-refractivity contribution is 6.02. The maximum atomic E-state index is 12.0. The molecule has 1 saturated heterocycles. The van der Waals surface area contributed by atoms with Crippen LogP contribution in [0.2, 0.25) is 0 Å². The number of carbonyl (C=O) groups is 2. The minimum absolute atomic E-state index is 0.214. The molecule has 1 heterocycles. The highest BCUT2D eigenvalue weighted by atomic mass is 16.6. The molecule has 0 aromatic heterocycles. The summed E-state index contributed by atoms with van der Waals surface area (Å²) in [7, 11) is 0. The fourth-order valence-corrected chi connectivity index (χ4v) is 2.19. The van der Waals surface area contributed by atoms with Crippen molar-refractivity contribution in [2.75, 3.05) is 18.5 Å². The van der Waals surface area contributed by atoms with Crippen LogP contribution >= 0.6 is 0 Å². The van der Waals surface area contributed by atoms with E-state index in [4.69, 9.17) is 14.2 Å². The Morgan fingerprint density at radius 2 is 1.79 bits per heavy atom. The fourth-order valence-electron chi connectivity index (χ4n) is 2.19. The number of anilines is 1. The average molecular weight is 379 g/mol. The summed E-state index contributed by atoms with van der Waals surface area (Å²) < 4.78 is 15.9. The Bertz CT molecular complexity index is 880. The summed E-state index contributed by atoms with van der Waals surface area (Å²) in [6.45, 7) is 6.51. The second-order valence-corrected chi connectivity index (χ2v) is 6.35. The summed E-state index contributed by atoms with van der Waals surface area (Å²) in [5, 5.41) is 2.68. The molecule has 1 unspecified atom stereocenters. The van der Waals surface area contributed by atoms with Crippen LogP contribution in [0.4, 0.5) is 5.69 Å². The van der Waals surface area contributed by atoms with E-state index in [1.165, 1.54) is 6.08 Å². The van der Waals surface area contributed by atoms with Crippen LogP contribution in [0.1, 0.15) is 12.5 Å². The van der Waals surface area contributed by atoms with Crippen LogP contribution in [0, 0.1) is 0 Å². The van der Waals surface area contributed by atoms with Crippen LogP contribution in [0.25, 0.3) is 6.08 Å². The minimum Gasteiger partial charge on any atom is -0.491 e. The number of hydrogen-bond acceptors (Lipinski definition) is 5. The molecule has 1 fully saturated rings. The standard InChI is InChI=1S/C22H21NO5/c1-15(2)22(25)23-17-6-10-19(11-7-17)28-21(24)12-5-16-3-8-18(9-4-16)26-13-20-14-27-20/h3-12,20H,1,13-14H2,2H3,(H,23,25). The Kier molecular flexibility index (Phi) is 6.24. The van der Waals surface area contributed by atoms with Crippen molar-refractivity contribution in [3.63, 3.8) is 0 Å². The zero-order valence-electron chi connectivity index (χ0n) is 15.5. The van der Waals surface area contributed by atoms with Crippen molar-refractivity contribution < 1.29 is 23.8 Å². The van der Waals surface area contributed by atoms with Gasteiger partial charge in [-0.3, -0.25) is 4.79 Å². The number of benzene rings is 2. The van der Waals surface area contributed by atoms with Gasteiger partial charge in [-0.05, 0) is 55.0 Å². The van der Waals surface area contributed by atoms with Crippen LogP contribution in [0.5, 0.6) is 11.5 Å². The Morgan fingerprint density at radius 3 is 2.39 bits per heavy atom. The fraction of sp³-hybridized carbons (Fsp3) is 0.182. The Labute approximate surface area is 163 Å². The summed E-state index contributed by atoms with van der Waals surface area (Å²) in [5.41, 5.74) is 1.86. The van der Waals surface area contributed by atoms with Gasteiger partial charge in [0, 0.05) is 17.3 Å². The molecule has 1 aliphatic heterocycles. The Morgan fingerprint density at radius 1 is 1.14 bits per heavy atom. The third-order valence-corrected chi connectivity index (χ3v) is 3.85. The van der Waals surface area contributed by atoms with Gasteiger partial charge >= 0.3 is 5.97 Å². The van der Waals surface area contributed by atoms with Gasteiger partial charge in [0.25, 0.3) is 5.91 Å². The molecule has 0 radical (unpaired) electrons. The number of carbonyl (C=O) groups excluding carboxylic acids is 2. The van der Waals surface area contributed by atoms with Crippen molar-refractivity contribution in [1.82, 2.24) is 0 Å². The molecule has 6 heteroatoms. The topological polar surface area (TPSA) is 77.2 Å². The zero-order valence-corrected chi connectivity index (χ0v) is 15.5. The molecule has 1 aliphatic rings. The van der Waals surface area contributed by atoms with Crippen LogP contribution in [-0.4, -0.2) is 31.2 Å². The summed E-state index contributed by atoms with van der Waals surface area (Å²) in [6, 6.07) is 13.9. The van der Waals surface area contributed by atoms with Crippen LogP contribution in [-0.2, 0) is 14.3 Å². The molecular weight excluding hydrogens is 358 g/mol. The van der Waals surface area contributed by atoms with Gasteiger partial charge in [-0.1, -0.05) is 18.7 Å². The quantitative estimate of drug-likeness (QED) is 0.328. The first-order valence-electron chi connectivity index (χ1n) is 8.81. The summed E-state index contributed by atoms with van der Waals surface area (Å²) in [4.78, 5) is 23.5. The molecule has 0 saturated carbocycles. The third-order valence-electron chi connectivity index (χ3n) is 3.85. The van der Waals surface area contributed by atoms with Crippen molar-refractivity contribution in [3.05, 3.63) is 72.3 Å². The van der Waals surface area contributed by atoms with E-state index < -0.39 is 5.97 Å². The molecule has 2 aromatic carbocycles. The van der Waals surface area contributed by atoms with E-state index in [1.54, 1.807) is 37.3 Å². The lowest BCUT2D eigenvalue weighted by Gasteiger charge is -2.06. The largest absolute Gasteiger partial charge is 0.491 e. The maximum absolute atomic E-state index is 12.0. The SMILES string of the molecule is C=C(C)C(=O)Nc1ccc(OC(=O)C=Cc2ccc(OCC3CO3)cc2)cc1. The minimum atomic E-state index is -0.495. The lowest BCUT2D eigenvalue weighted by Crippen LogP contribution is -2.11. The Balaban J connectivity index is 1.48. The molecule has 1 N–H and O–H groups in total. The van der Waals surface area contributed by atoms with Crippen molar-refractivity contribution in [2.45, 2.75) is 13.0 Å². The van der Waals surface area contributed by atoms with Gasteiger partial charge in [0.2, 0.25) is 0 Å². The number of esters is 1. The van der Waals surface area contributed by atoms with Crippen LogP contribution in [0.15, 0.2) is 66.8 Å². The molecule has 3 rings (SSSR count). The molecule has 144 valence electrons. The lowest BCUT2D eigenvalue weighted by molar-refractivity contribution is -0.128. The molecular formula is C22H21NO5. The highest BCUT2D eigenvalue weighted by Gasteiger charge is 2.22. The lowest BCUT2D eigenvalue weighted by atomic mass is 10.2. The molecule has 6 nitrogen and oxygen atoms in total. The van der Waals surface area contributed by atoms with E-state index >= 15 is 0 Å². The first-order chi connectivity index (χ1) is 13.5. The van der Waals surface area contributed by atoms with Crippen molar-refractivity contribution in [1.29, 1.82) is 0 Å². The number of hydrogen-bond donors (Lipinski definition) is 1. The second kappa shape index (κ2) is 9.01. The smallest absolute Gasteiger partial charge is 0.336 e. The van der Waals surface area contributed by atoms with Gasteiger partial charge in [-0.15, -0.1) is 0 Å². The molecule has 0 aliphatic carbocycles. The summed E-state index contributed by atoms with van der Waals surface area (Å²) >= 11 is 0. The predicted molar refractivity (Wildman–Crippen MR) is 106 cm³/mol. The van der Waals surface area contributed by atoms with E-state index in [0.29, 0.717) is 23.6 Å². The van der Waals surface area contributed by atoms with Crippen molar-refractivity contribution in [3.8, 4) is 11.5 Å². The van der Waals surface area contributed by atoms with E-state index in [0.717, 1.165) is 17.9 Å². The molecule has 2 aromatic rings. The number of rotatable bonds is 8. The first kappa shape index (κ1) is 19.4. The highest BCUT2D eigenvalue weighted by Crippen LogP contribution is 2.18. The summed E-state index contributed by atoms with van der Waals surface area (Å²) in [6.07, 6.45) is 3.23. The van der Waals surface area contributed by atoms with Crippen LogP contribution in [0.3, 0.4) is 0 Å². The van der Waals surface area contributed by atoms with Crippen molar-refractivity contribution >= 4 is 23.6 Å². The molecule has 1 amide bonds. The zero-order chi connectivity index (χ0) is 19.9. The monoisotopic (exact) mass is 379 g/mol. The second-order valence-electron chi connectivity index (χ2n) is 6.35. The van der Waals surface area contributed by atoms with Crippen molar-refractivity contribution in [2.24, 2.45) is 0 Å². The normalized spacial score (nSPS) is 15.1. The van der Waals surface area contributed by atoms with Gasteiger partial charge in [0.05, 0.1) is 6.61 Å². The molecule has 28 heavy (non-hydrogen) atoms. The third kappa shape index (κ3) is 6.10. The average Bonchev–Trinajstić information content (AvgIpc) is 3.51. The number of nitrogens with one attached hydrogen (secondary N) is 1. The maximum Gasteiger partial charge on any atom is 0.336 e. The number of amides is 1. The van der Waals surface area contributed by atoms with E-state index in [9.17, 15) is 9.59 Å². The van der Waals surface area contributed by atoms with E-state index in [1.807, 2.05) is 24.3 Å². The van der Waals surface area contributed by atoms with Gasteiger partial charge in [-0.2, -0.15) is 0 Å². The predicted octanol–water partition coefficient (Wildman–Crippen LogP) is 3.60. The molecule has 0 spiro atoms. The molecule has 0 bridgehead atoms. The van der Waals surface area contributed by atoms with Gasteiger partial charge in [0.15, 0.2) is 0 Å². The van der Waals surface area contributed by atoms with Gasteiger partial charge < -0.3 is 19.5 Å². The summed E-state index contributed by atoms with van der Waals surface area (Å²) in [5.74, 6) is 0.387. The van der Waals surface area contributed by atoms with E-state index in [2.05, 4.69) is 11.9 Å². The van der Waals surface area contributed by atoms with Gasteiger partial charge in [0.1, 0.15) is 24.2 Å². The van der Waals surface area contributed by atoms with Gasteiger partial charge in [-0.25, -0.2) is 4.79 Å². The number of epoxide rings is 1. The first-order valence-corrected chi connectivity index (χ1v) is 8.81. The molecule has 1 atom stereocenters. The Hall–Kier alpha value is -3.38. The van der Waals surface area contributed by atoms with E-state index in [-0.39, 0.29) is 12.0 Å². The number of ether oxygens (including phenoxy) is 3. The van der Waals surface area contributed by atoms with Crippen LogP contribution < -0.4 is 14.8 Å².